The van der Waals surface area contributed by atoms with Gasteiger partial charge in [0.05, 0.1) is 17.8 Å². The molecule has 0 bridgehead atoms. The van der Waals surface area contributed by atoms with Crippen LogP contribution in [-0.4, -0.2) is 46.0 Å². The molecule has 0 amide bonds. The maximum atomic E-state index is 12.4. The summed E-state index contributed by atoms with van der Waals surface area (Å²) in [5.41, 5.74) is 2.12. The number of nitrogens with zero attached hydrogens (tertiary/aromatic N) is 4. The molecule has 35 heavy (non-hydrogen) atoms. The van der Waals surface area contributed by atoms with Gasteiger partial charge in [0.1, 0.15) is 11.9 Å². The number of hydrogen-bond acceptors (Lipinski definition) is 6. The second-order valence-electron chi connectivity index (χ2n) is 7.80. The molecular formula is C24H25Br2N4O3PS. The van der Waals surface area contributed by atoms with Crippen LogP contribution < -0.4 is 5.30 Å². The highest BCUT2D eigenvalue weighted by atomic mass is 79.9. The molecule has 0 saturated carbocycles. The molecule has 1 aliphatic heterocycles. The molecule has 11 heteroatoms. The van der Waals surface area contributed by atoms with Crippen molar-refractivity contribution >= 4 is 73.1 Å². The number of ether oxygens (including phenoxy) is 1. The first-order valence-electron chi connectivity index (χ1n) is 11.2. The number of hydrogen-bond donors (Lipinski definition) is 0. The van der Waals surface area contributed by atoms with Gasteiger partial charge < -0.3 is 9.26 Å². The lowest BCUT2D eigenvalue weighted by atomic mass is 10.2. The zero-order valence-electron chi connectivity index (χ0n) is 19.6. The molecule has 1 aliphatic rings. The lowest BCUT2D eigenvalue weighted by Gasteiger charge is -2.35. The molecule has 0 fully saturated rings. The third kappa shape index (κ3) is 5.47. The second kappa shape index (κ2) is 11.0. The Labute approximate surface area is 226 Å². The summed E-state index contributed by atoms with van der Waals surface area (Å²) in [4.78, 5) is 17.3. The third-order valence-electron chi connectivity index (χ3n) is 5.58. The summed E-state index contributed by atoms with van der Waals surface area (Å²) in [5.74, 6) is 0.765. The van der Waals surface area contributed by atoms with Crippen molar-refractivity contribution in [1.82, 2.24) is 14.5 Å². The minimum atomic E-state index is -2.64. The average Bonchev–Trinajstić information content (AvgIpc) is 3.16. The van der Waals surface area contributed by atoms with E-state index in [0.29, 0.717) is 23.8 Å². The van der Waals surface area contributed by atoms with Gasteiger partial charge in [-0.25, -0.2) is 14.1 Å². The van der Waals surface area contributed by atoms with Crippen LogP contribution in [0.15, 0.2) is 62.5 Å². The summed E-state index contributed by atoms with van der Waals surface area (Å²) in [5, 5.41) is 5.58. The van der Waals surface area contributed by atoms with Crippen LogP contribution in [0.5, 0.6) is 0 Å². The summed E-state index contributed by atoms with van der Waals surface area (Å²) < 4.78 is 17.8. The molecule has 0 N–H and O–H groups in total. The third-order valence-corrected chi connectivity index (χ3v) is 10.9. The molecule has 2 heterocycles. The van der Waals surface area contributed by atoms with Gasteiger partial charge in [-0.1, -0.05) is 45.7 Å². The predicted molar refractivity (Wildman–Crippen MR) is 150 cm³/mol. The highest BCUT2D eigenvalue weighted by Crippen LogP contribution is 2.55. The molecular weight excluding hydrogens is 615 g/mol. The number of halogens is 2. The van der Waals surface area contributed by atoms with E-state index in [1.165, 1.54) is 0 Å². The van der Waals surface area contributed by atoms with E-state index in [1.807, 2.05) is 43.3 Å². The van der Waals surface area contributed by atoms with Crippen LogP contribution in [0.1, 0.15) is 35.5 Å². The van der Waals surface area contributed by atoms with E-state index in [1.54, 1.807) is 16.8 Å². The van der Waals surface area contributed by atoms with E-state index in [2.05, 4.69) is 50.4 Å². The Bertz CT molecular complexity index is 1310. The van der Waals surface area contributed by atoms with Crippen LogP contribution in [0.2, 0.25) is 0 Å². The summed E-state index contributed by atoms with van der Waals surface area (Å²) in [6.07, 6.45) is -2.64. The lowest BCUT2D eigenvalue weighted by Crippen LogP contribution is -2.32. The van der Waals surface area contributed by atoms with Crippen LogP contribution >= 0.6 is 38.3 Å². The minimum Gasteiger partial charge on any atom is -0.460 e. The zero-order valence-corrected chi connectivity index (χ0v) is 24.5. The topological polar surface area (TPSA) is 68.9 Å². The summed E-state index contributed by atoms with van der Waals surface area (Å²) in [6.45, 7) is 8.08. The largest absolute Gasteiger partial charge is 0.460 e. The molecule has 0 radical (unpaired) electrons. The lowest BCUT2D eigenvalue weighted by molar-refractivity contribution is 0.0488. The van der Waals surface area contributed by atoms with E-state index in [4.69, 9.17) is 31.2 Å². The molecule has 0 aliphatic carbocycles. The fourth-order valence-corrected chi connectivity index (χ4v) is 8.40. The molecule has 7 nitrogen and oxygen atoms in total. The van der Waals surface area contributed by atoms with Crippen molar-refractivity contribution in [2.24, 2.45) is 4.99 Å². The molecule has 1 aromatic heterocycles. The number of carbonyl (C=O) groups excluding carboxylic acids is 1. The van der Waals surface area contributed by atoms with Crippen LogP contribution in [-0.2, 0) is 27.6 Å². The Balaban J connectivity index is 1.66. The molecule has 0 saturated heterocycles. The number of fused-ring (bicyclic) bond motifs is 1. The van der Waals surface area contributed by atoms with Gasteiger partial charge in [0.25, 0.3) is 0 Å². The molecule has 2 aromatic carbocycles. The maximum absolute atomic E-state index is 12.4. The normalized spacial score (nSPS) is 17.0. The fraction of sp³-hybridized carbons (Fsp3) is 0.292. The van der Waals surface area contributed by atoms with Gasteiger partial charge in [-0.3, -0.25) is 0 Å². The molecule has 1 atom stereocenters. The second-order valence-corrected chi connectivity index (χ2v) is 13.4. The Morgan fingerprint density at radius 2 is 1.69 bits per heavy atom. The van der Waals surface area contributed by atoms with Crippen LogP contribution in [0.3, 0.4) is 0 Å². The van der Waals surface area contributed by atoms with E-state index in [-0.39, 0.29) is 12.6 Å². The molecule has 184 valence electrons. The van der Waals surface area contributed by atoms with Crippen molar-refractivity contribution in [3.05, 3.63) is 74.3 Å². The summed E-state index contributed by atoms with van der Waals surface area (Å²) in [7, 11) is 0. The van der Waals surface area contributed by atoms with Crippen molar-refractivity contribution in [2.45, 2.75) is 27.3 Å². The van der Waals surface area contributed by atoms with Crippen molar-refractivity contribution in [3.8, 4) is 0 Å². The maximum Gasteiger partial charge on any atom is 0.338 e. The van der Waals surface area contributed by atoms with Gasteiger partial charge in [0.15, 0.2) is 5.82 Å². The van der Waals surface area contributed by atoms with Crippen LogP contribution in [0.4, 0.5) is 5.82 Å². The molecule has 1 unspecified atom stereocenters. The smallest absolute Gasteiger partial charge is 0.338 e. The van der Waals surface area contributed by atoms with E-state index in [9.17, 15) is 4.79 Å². The number of aliphatic imine (C=N–C) groups is 1. The first-order chi connectivity index (χ1) is 16.8. The number of esters is 1. The van der Waals surface area contributed by atoms with Gasteiger partial charge in [-0.15, -0.1) is 0 Å². The zero-order chi connectivity index (χ0) is 25.2. The van der Waals surface area contributed by atoms with Gasteiger partial charge in [0.2, 0.25) is 12.3 Å². The SMILES string of the molecule is CCN(CC)P1(=S)OC(c2ccc(Br)cc2)=Nc2c1c(C)nn2CCOC(=O)c1ccc(Br)cc1. The van der Waals surface area contributed by atoms with Crippen LogP contribution in [0.25, 0.3) is 0 Å². The monoisotopic (exact) mass is 638 g/mol. The standard InChI is InChI=1S/C24H25Br2N4O3PS/c1-4-29(5-2)34(35)21-16(3)28-30(14-15-32-24(31)18-8-12-20(26)13-9-18)22(21)27-23(33-34)17-6-10-19(25)11-7-17/h6-13H,4-5,14-15H2,1-3H3. The Morgan fingerprint density at radius 3 is 2.29 bits per heavy atom. The average molecular weight is 640 g/mol. The Kier molecular flexibility index (Phi) is 8.28. The summed E-state index contributed by atoms with van der Waals surface area (Å²) >= 11 is 13.1. The first kappa shape index (κ1) is 26.2. The van der Waals surface area contributed by atoms with Gasteiger partial charge in [0, 0.05) is 27.6 Å². The van der Waals surface area contributed by atoms with E-state index < -0.39 is 6.42 Å². The number of rotatable bonds is 8. The van der Waals surface area contributed by atoms with E-state index >= 15 is 0 Å². The highest BCUT2D eigenvalue weighted by molar-refractivity contribution is 9.10. The van der Waals surface area contributed by atoms with E-state index in [0.717, 1.165) is 38.6 Å². The number of aromatic nitrogens is 2. The quantitative estimate of drug-likeness (QED) is 0.224. The van der Waals surface area contributed by atoms with Gasteiger partial charge in [-0.05, 0) is 67.3 Å². The Hall–Kier alpha value is -1.84. The van der Waals surface area contributed by atoms with Gasteiger partial charge in [-0.2, -0.15) is 10.1 Å². The Morgan fingerprint density at radius 1 is 1.09 bits per heavy atom. The highest BCUT2D eigenvalue weighted by Gasteiger charge is 2.40. The summed E-state index contributed by atoms with van der Waals surface area (Å²) in [6, 6.07) is 14.8. The number of carbonyl (C=O) groups is 1. The fourth-order valence-electron chi connectivity index (χ4n) is 3.84. The van der Waals surface area contributed by atoms with Crippen molar-refractivity contribution in [3.63, 3.8) is 0 Å². The molecule has 0 spiro atoms. The first-order valence-corrected chi connectivity index (χ1v) is 15.4. The molecule has 3 aromatic rings. The van der Waals surface area contributed by atoms with Crippen molar-refractivity contribution in [2.75, 3.05) is 19.7 Å². The minimum absolute atomic E-state index is 0.153. The number of benzene rings is 2. The van der Waals surface area contributed by atoms with Crippen LogP contribution in [0, 0.1) is 6.92 Å². The van der Waals surface area contributed by atoms with Crippen molar-refractivity contribution in [1.29, 1.82) is 0 Å². The predicted octanol–water partition coefficient (Wildman–Crippen LogP) is 5.96. The van der Waals surface area contributed by atoms with Gasteiger partial charge >= 0.3 is 5.97 Å². The van der Waals surface area contributed by atoms with Crippen molar-refractivity contribution < 1.29 is 14.1 Å². The molecule has 4 rings (SSSR count). The number of aryl methyl sites for hydroxylation is 1.